The molecule has 0 spiro atoms. The van der Waals surface area contributed by atoms with Gasteiger partial charge in [-0.1, -0.05) is 47.2 Å². The Morgan fingerprint density at radius 1 is 1.13 bits per heavy atom. The molecule has 0 amide bonds. The minimum absolute atomic E-state index is 0.191. The van der Waals surface area contributed by atoms with Crippen LogP contribution in [0.25, 0.3) is 17.4 Å². The zero-order chi connectivity index (χ0) is 27.7. The van der Waals surface area contributed by atoms with Gasteiger partial charge in [-0.25, -0.2) is 14.6 Å². The van der Waals surface area contributed by atoms with Crippen LogP contribution in [0.5, 0.6) is 0 Å². The van der Waals surface area contributed by atoms with Gasteiger partial charge in [0.1, 0.15) is 11.5 Å². The van der Waals surface area contributed by atoms with Gasteiger partial charge in [-0.05, 0) is 55.8 Å². The van der Waals surface area contributed by atoms with Crippen LogP contribution in [-0.2, 0) is 14.3 Å². The summed E-state index contributed by atoms with van der Waals surface area (Å²) in [6.45, 7) is 3.65. The van der Waals surface area contributed by atoms with E-state index in [0.29, 0.717) is 53.8 Å². The first-order valence-corrected chi connectivity index (χ1v) is 13.2. The first kappa shape index (κ1) is 26.4. The molecule has 4 aromatic rings. The van der Waals surface area contributed by atoms with Crippen LogP contribution in [0.3, 0.4) is 0 Å². The summed E-state index contributed by atoms with van der Waals surface area (Å²) in [6.07, 6.45) is 1.64. The summed E-state index contributed by atoms with van der Waals surface area (Å²) in [5, 5.41) is 0.537. The van der Waals surface area contributed by atoms with Crippen molar-refractivity contribution in [2.24, 2.45) is 4.99 Å². The molecule has 0 saturated heterocycles. The number of nitrogens with zero attached hydrogens (tertiary/aromatic N) is 2. The third-order valence-electron chi connectivity index (χ3n) is 6.17. The highest BCUT2D eigenvalue weighted by molar-refractivity contribution is 7.07. The Kier molecular flexibility index (Phi) is 7.36. The Morgan fingerprint density at radius 2 is 1.90 bits per heavy atom. The molecule has 1 atom stereocenters. The van der Waals surface area contributed by atoms with Crippen molar-refractivity contribution in [2.45, 2.75) is 19.9 Å². The van der Waals surface area contributed by atoms with Crippen LogP contribution in [0, 0.1) is 0 Å². The fourth-order valence-corrected chi connectivity index (χ4v) is 5.54. The van der Waals surface area contributed by atoms with Gasteiger partial charge >= 0.3 is 11.9 Å². The smallest absolute Gasteiger partial charge is 0.338 e. The van der Waals surface area contributed by atoms with E-state index >= 15 is 0 Å². The van der Waals surface area contributed by atoms with E-state index in [1.807, 2.05) is 6.07 Å². The first-order valence-electron chi connectivity index (χ1n) is 12.0. The van der Waals surface area contributed by atoms with Crippen molar-refractivity contribution in [1.82, 2.24) is 4.57 Å². The molecule has 0 fully saturated rings. The Morgan fingerprint density at radius 3 is 2.62 bits per heavy atom. The summed E-state index contributed by atoms with van der Waals surface area (Å²) in [4.78, 5) is 43.6. The molecule has 198 valence electrons. The number of aromatic nitrogens is 1. The van der Waals surface area contributed by atoms with Gasteiger partial charge in [0.05, 0.1) is 41.1 Å². The number of halogens is 1. The Hall–Kier alpha value is -4.21. The number of carbonyl (C=O) groups is 2. The summed E-state index contributed by atoms with van der Waals surface area (Å²) < 4.78 is 18.0. The summed E-state index contributed by atoms with van der Waals surface area (Å²) in [6, 6.07) is 16.6. The second-order valence-electron chi connectivity index (χ2n) is 8.63. The second-order valence-corrected chi connectivity index (χ2v) is 10.1. The molecule has 0 unspecified atom stereocenters. The fraction of sp³-hybridized carbons (Fsp3) is 0.172. The van der Waals surface area contributed by atoms with Gasteiger partial charge in [0.15, 0.2) is 4.80 Å². The van der Waals surface area contributed by atoms with Crippen molar-refractivity contribution >= 4 is 41.0 Å². The molecule has 8 nitrogen and oxygen atoms in total. The van der Waals surface area contributed by atoms with Crippen LogP contribution in [0.2, 0.25) is 5.02 Å². The van der Waals surface area contributed by atoms with Crippen molar-refractivity contribution in [3.8, 4) is 11.3 Å². The Labute approximate surface area is 232 Å². The molecular weight excluding hydrogens is 540 g/mol. The van der Waals surface area contributed by atoms with Crippen LogP contribution >= 0.6 is 22.9 Å². The molecule has 10 heteroatoms. The van der Waals surface area contributed by atoms with E-state index < -0.39 is 18.0 Å². The highest BCUT2D eigenvalue weighted by Crippen LogP contribution is 2.31. The lowest BCUT2D eigenvalue weighted by Gasteiger charge is -2.24. The highest BCUT2D eigenvalue weighted by atomic mass is 35.5. The normalized spacial score (nSPS) is 15.1. The number of furan rings is 1. The molecule has 0 aliphatic carbocycles. The molecule has 1 aliphatic heterocycles. The lowest BCUT2D eigenvalue weighted by atomic mass is 9.96. The summed E-state index contributed by atoms with van der Waals surface area (Å²) >= 11 is 7.30. The van der Waals surface area contributed by atoms with Gasteiger partial charge in [-0.3, -0.25) is 9.36 Å². The topological polar surface area (TPSA) is 100 Å². The van der Waals surface area contributed by atoms with Crippen molar-refractivity contribution < 1.29 is 23.5 Å². The largest absolute Gasteiger partial charge is 0.465 e. The van der Waals surface area contributed by atoms with E-state index in [0.717, 1.165) is 0 Å². The standard InChI is InChI=1S/C29H23ClN2O6S/c1-4-37-28(35)24-16(2)31-29-32(25(24)17-8-10-20(30)11-9-17)26(33)23(39-29)15-21-12-13-22(38-21)18-6-5-7-19(14-18)27(34)36-3/h5-15,25H,4H2,1-3H3/b23-15+/t25-/m1/s1. The first-order chi connectivity index (χ1) is 18.8. The number of carbonyl (C=O) groups excluding carboxylic acids is 2. The number of hydrogen-bond acceptors (Lipinski definition) is 8. The van der Waals surface area contributed by atoms with Crippen molar-refractivity contribution in [2.75, 3.05) is 13.7 Å². The number of hydrogen-bond donors (Lipinski definition) is 0. The molecule has 0 bridgehead atoms. The average Bonchev–Trinajstić information content (AvgIpc) is 3.52. The maximum atomic E-state index is 13.7. The zero-order valence-electron chi connectivity index (χ0n) is 21.3. The van der Waals surface area contributed by atoms with E-state index in [4.69, 9.17) is 25.5 Å². The second kappa shape index (κ2) is 10.9. The SMILES string of the molecule is CCOC(=O)C1=C(C)N=c2s/c(=C/c3ccc(-c4cccc(C(=O)OC)c4)o3)c(=O)n2[C@@H]1c1ccc(Cl)cc1. The van der Waals surface area contributed by atoms with Crippen LogP contribution in [0.1, 0.15) is 41.6 Å². The summed E-state index contributed by atoms with van der Waals surface area (Å²) in [5.41, 5.74) is 2.25. The minimum atomic E-state index is -0.729. The van der Waals surface area contributed by atoms with Gasteiger partial charge in [-0.2, -0.15) is 0 Å². The molecule has 3 heterocycles. The molecule has 0 saturated carbocycles. The maximum Gasteiger partial charge on any atom is 0.338 e. The van der Waals surface area contributed by atoms with E-state index in [2.05, 4.69) is 4.99 Å². The van der Waals surface area contributed by atoms with Gasteiger partial charge in [0.2, 0.25) is 0 Å². The number of allylic oxidation sites excluding steroid dienone is 1. The molecule has 5 rings (SSSR count). The van der Waals surface area contributed by atoms with Crippen molar-refractivity contribution in [3.63, 3.8) is 0 Å². The monoisotopic (exact) mass is 562 g/mol. The quantitative estimate of drug-likeness (QED) is 0.321. The van der Waals surface area contributed by atoms with Gasteiger partial charge in [-0.15, -0.1) is 0 Å². The van der Waals surface area contributed by atoms with Crippen LogP contribution in [0.15, 0.2) is 86.1 Å². The van der Waals surface area contributed by atoms with Gasteiger partial charge < -0.3 is 13.9 Å². The average molecular weight is 563 g/mol. The lowest BCUT2D eigenvalue weighted by Crippen LogP contribution is -2.39. The Bertz CT molecular complexity index is 1800. The number of esters is 2. The number of fused-ring (bicyclic) bond motifs is 1. The predicted octanol–water partition coefficient (Wildman–Crippen LogP) is 4.50. The molecule has 2 aromatic carbocycles. The van der Waals surface area contributed by atoms with E-state index in [-0.39, 0.29) is 12.2 Å². The van der Waals surface area contributed by atoms with Crippen LogP contribution < -0.4 is 14.9 Å². The number of methoxy groups -OCH3 is 1. The number of thiazole rings is 1. The van der Waals surface area contributed by atoms with Crippen molar-refractivity contribution in [1.29, 1.82) is 0 Å². The zero-order valence-corrected chi connectivity index (χ0v) is 22.8. The molecular formula is C29H23ClN2O6S. The van der Waals surface area contributed by atoms with Crippen molar-refractivity contribution in [3.05, 3.63) is 114 Å². The predicted molar refractivity (Wildman–Crippen MR) is 147 cm³/mol. The lowest BCUT2D eigenvalue weighted by molar-refractivity contribution is -0.139. The molecule has 2 aromatic heterocycles. The maximum absolute atomic E-state index is 13.7. The number of benzene rings is 2. The minimum Gasteiger partial charge on any atom is -0.465 e. The van der Waals surface area contributed by atoms with Gasteiger partial charge in [0, 0.05) is 16.7 Å². The highest BCUT2D eigenvalue weighted by Gasteiger charge is 2.33. The molecule has 39 heavy (non-hydrogen) atoms. The molecule has 0 radical (unpaired) electrons. The summed E-state index contributed by atoms with van der Waals surface area (Å²) in [5.74, 6) is -0.00216. The third-order valence-corrected chi connectivity index (χ3v) is 7.41. The van der Waals surface area contributed by atoms with Gasteiger partial charge in [0.25, 0.3) is 5.56 Å². The van der Waals surface area contributed by atoms with E-state index in [9.17, 15) is 14.4 Å². The van der Waals surface area contributed by atoms with Crippen LogP contribution in [-0.4, -0.2) is 30.2 Å². The third kappa shape index (κ3) is 5.10. The Balaban J connectivity index is 1.60. The summed E-state index contributed by atoms with van der Waals surface area (Å²) in [7, 11) is 1.32. The molecule has 1 aliphatic rings. The van der Waals surface area contributed by atoms with Crippen LogP contribution in [0.4, 0.5) is 0 Å². The van der Waals surface area contributed by atoms with E-state index in [1.54, 1.807) is 74.5 Å². The fourth-order valence-electron chi connectivity index (χ4n) is 4.38. The van der Waals surface area contributed by atoms with E-state index in [1.165, 1.54) is 23.0 Å². The number of rotatable bonds is 6. The number of ether oxygens (including phenoxy) is 2. The molecule has 0 N–H and O–H groups in total.